The Labute approximate surface area is 77.0 Å². The van der Waals surface area contributed by atoms with Crippen LogP contribution in [0.3, 0.4) is 0 Å². The molecule has 0 fully saturated rings. The normalized spacial score (nSPS) is 12.2. The van der Waals surface area contributed by atoms with E-state index in [1.807, 2.05) is 13.8 Å². The van der Waals surface area contributed by atoms with Gasteiger partial charge in [-0.05, 0) is 13.8 Å². The largest absolute Gasteiger partial charge is 0.464 e. The van der Waals surface area contributed by atoms with Gasteiger partial charge in [0, 0.05) is 0 Å². The first-order valence-electron chi connectivity index (χ1n) is 3.96. The summed E-state index contributed by atoms with van der Waals surface area (Å²) in [6.07, 6.45) is -0.473. The second-order valence-corrected chi connectivity index (χ2v) is 2.67. The smallest absolute Gasteiger partial charge is 0.293 e. The molecule has 0 radical (unpaired) electrons. The number of hydrogen-bond donors (Lipinski definition) is 0. The molecule has 0 aliphatic heterocycles. The third kappa shape index (κ3) is 7.27. The molecule has 0 aromatic heterocycles. The zero-order valence-corrected chi connectivity index (χ0v) is 7.76. The molecule has 76 valence electrons. The SMILES string of the molecule is CC(C)OCC(COC=O)OC=O. The molecule has 0 spiro atoms. The van der Waals surface area contributed by atoms with E-state index in [0.29, 0.717) is 12.9 Å². The first-order valence-corrected chi connectivity index (χ1v) is 3.96. The summed E-state index contributed by atoms with van der Waals surface area (Å²) in [5.41, 5.74) is 0. The fraction of sp³-hybridized carbons (Fsp3) is 0.750. The molecule has 5 nitrogen and oxygen atoms in total. The average Bonchev–Trinajstić information content (AvgIpc) is 2.09. The summed E-state index contributed by atoms with van der Waals surface area (Å²) >= 11 is 0. The summed E-state index contributed by atoms with van der Waals surface area (Å²) in [6.45, 7) is 4.58. The van der Waals surface area contributed by atoms with E-state index in [4.69, 9.17) is 4.74 Å². The molecule has 5 heteroatoms. The van der Waals surface area contributed by atoms with Crippen molar-refractivity contribution in [2.75, 3.05) is 13.2 Å². The number of rotatable bonds is 8. The second-order valence-electron chi connectivity index (χ2n) is 2.67. The molecule has 0 saturated carbocycles. The maximum atomic E-state index is 10.0. The van der Waals surface area contributed by atoms with Gasteiger partial charge in [0.1, 0.15) is 6.61 Å². The standard InChI is InChI=1S/C8H14O5/c1-7(2)12-4-8(13-6-10)3-11-5-9/h5-8H,3-4H2,1-2H3. The minimum Gasteiger partial charge on any atom is -0.464 e. The zero-order valence-electron chi connectivity index (χ0n) is 7.76. The minimum absolute atomic E-state index is 0.0228. The van der Waals surface area contributed by atoms with Crippen LogP contribution in [0, 0.1) is 0 Å². The maximum Gasteiger partial charge on any atom is 0.293 e. The Bertz CT molecular complexity index is 145. The molecule has 13 heavy (non-hydrogen) atoms. The number of carbonyl (C=O) groups excluding carboxylic acids is 2. The summed E-state index contributed by atoms with van der Waals surface area (Å²) in [5, 5.41) is 0. The van der Waals surface area contributed by atoms with Crippen LogP contribution in [0.25, 0.3) is 0 Å². The molecule has 0 saturated heterocycles. The summed E-state index contributed by atoms with van der Waals surface area (Å²) in [5.74, 6) is 0. The highest BCUT2D eigenvalue weighted by Crippen LogP contribution is 1.96. The van der Waals surface area contributed by atoms with Gasteiger partial charge in [0.2, 0.25) is 0 Å². The summed E-state index contributed by atoms with van der Waals surface area (Å²) in [6, 6.07) is 0. The van der Waals surface area contributed by atoms with Crippen molar-refractivity contribution in [2.24, 2.45) is 0 Å². The third-order valence-corrected chi connectivity index (χ3v) is 1.21. The lowest BCUT2D eigenvalue weighted by molar-refractivity contribution is -0.147. The van der Waals surface area contributed by atoms with E-state index in [9.17, 15) is 9.59 Å². The van der Waals surface area contributed by atoms with E-state index in [1.165, 1.54) is 0 Å². The van der Waals surface area contributed by atoms with Crippen LogP contribution in [0.15, 0.2) is 0 Å². The molecular weight excluding hydrogens is 176 g/mol. The van der Waals surface area contributed by atoms with Gasteiger partial charge >= 0.3 is 0 Å². The van der Waals surface area contributed by atoms with Gasteiger partial charge in [-0.3, -0.25) is 9.59 Å². The lowest BCUT2D eigenvalue weighted by Crippen LogP contribution is -2.26. The van der Waals surface area contributed by atoms with E-state index in [-0.39, 0.29) is 19.3 Å². The predicted octanol–water partition coefficient (Wildman–Crippen LogP) is 0.126. The fourth-order valence-electron chi connectivity index (χ4n) is 0.652. The molecular formula is C8H14O5. The van der Waals surface area contributed by atoms with E-state index in [0.717, 1.165) is 0 Å². The molecule has 0 amide bonds. The molecule has 0 aliphatic rings. The van der Waals surface area contributed by atoms with Crippen LogP contribution in [0.2, 0.25) is 0 Å². The topological polar surface area (TPSA) is 61.8 Å². The molecule has 0 aromatic rings. The second kappa shape index (κ2) is 7.54. The lowest BCUT2D eigenvalue weighted by Gasteiger charge is -2.15. The van der Waals surface area contributed by atoms with E-state index < -0.39 is 6.10 Å². The Morgan fingerprint density at radius 3 is 2.31 bits per heavy atom. The Morgan fingerprint density at radius 1 is 1.15 bits per heavy atom. The van der Waals surface area contributed by atoms with Gasteiger partial charge in [-0.15, -0.1) is 0 Å². The molecule has 1 unspecified atom stereocenters. The van der Waals surface area contributed by atoms with Gasteiger partial charge in [-0.2, -0.15) is 0 Å². The van der Waals surface area contributed by atoms with Crippen molar-refractivity contribution in [1.29, 1.82) is 0 Å². The van der Waals surface area contributed by atoms with Crippen molar-refractivity contribution in [2.45, 2.75) is 26.1 Å². The molecule has 0 heterocycles. The molecule has 0 rings (SSSR count). The average molecular weight is 190 g/mol. The third-order valence-electron chi connectivity index (χ3n) is 1.21. The van der Waals surface area contributed by atoms with Crippen molar-refractivity contribution in [3.63, 3.8) is 0 Å². The van der Waals surface area contributed by atoms with Gasteiger partial charge in [-0.1, -0.05) is 0 Å². The first-order chi connectivity index (χ1) is 6.20. The van der Waals surface area contributed by atoms with Gasteiger partial charge in [0.05, 0.1) is 12.7 Å². The maximum absolute atomic E-state index is 10.0. The Balaban J connectivity index is 3.65. The Kier molecular flexibility index (Phi) is 6.91. The highest BCUT2D eigenvalue weighted by Gasteiger charge is 2.10. The number of hydrogen-bond acceptors (Lipinski definition) is 5. The van der Waals surface area contributed by atoms with Crippen molar-refractivity contribution in [3.05, 3.63) is 0 Å². The van der Waals surface area contributed by atoms with Crippen LogP contribution in [0.1, 0.15) is 13.8 Å². The van der Waals surface area contributed by atoms with Gasteiger partial charge in [0.25, 0.3) is 12.9 Å². The number of carbonyl (C=O) groups is 2. The van der Waals surface area contributed by atoms with E-state index in [1.54, 1.807) is 0 Å². The van der Waals surface area contributed by atoms with Crippen LogP contribution in [-0.4, -0.2) is 38.4 Å². The molecule has 0 bridgehead atoms. The van der Waals surface area contributed by atoms with Crippen molar-refractivity contribution in [1.82, 2.24) is 0 Å². The summed E-state index contributed by atoms with van der Waals surface area (Å²) < 4.78 is 14.2. The van der Waals surface area contributed by atoms with Crippen molar-refractivity contribution in [3.8, 4) is 0 Å². The molecule has 0 aliphatic carbocycles. The van der Waals surface area contributed by atoms with Crippen LogP contribution in [0.5, 0.6) is 0 Å². The van der Waals surface area contributed by atoms with Crippen molar-refractivity contribution >= 4 is 12.9 Å². The van der Waals surface area contributed by atoms with Gasteiger partial charge < -0.3 is 14.2 Å². The quantitative estimate of drug-likeness (QED) is 0.509. The van der Waals surface area contributed by atoms with Crippen molar-refractivity contribution < 1.29 is 23.8 Å². The molecule has 0 N–H and O–H groups in total. The summed E-state index contributed by atoms with van der Waals surface area (Å²) in [7, 11) is 0. The Hall–Kier alpha value is -1.10. The number of ether oxygens (including phenoxy) is 3. The highest BCUT2D eigenvalue weighted by atomic mass is 16.6. The molecule has 0 aromatic carbocycles. The van der Waals surface area contributed by atoms with Gasteiger partial charge in [0.15, 0.2) is 6.10 Å². The first kappa shape index (κ1) is 11.9. The zero-order chi connectivity index (χ0) is 10.1. The van der Waals surface area contributed by atoms with Gasteiger partial charge in [-0.25, -0.2) is 0 Å². The van der Waals surface area contributed by atoms with E-state index >= 15 is 0 Å². The monoisotopic (exact) mass is 190 g/mol. The minimum atomic E-state index is -0.523. The fourth-order valence-corrected chi connectivity index (χ4v) is 0.652. The molecule has 1 atom stereocenters. The van der Waals surface area contributed by atoms with Crippen LogP contribution in [-0.2, 0) is 23.8 Å². The highest BCUT2D eigenvalue weighted by molar-refractivity contribution is 5.38. The van der Waals surface area contributed by atoms with Crippen LogP contribution in [0.4, 0.5) is 0 Å². The van der Waals surface area contributed by atoms with E-state index in [2.05, 4.69) is 9.47 Å². The lowest BCUT2D eigenvalue weighted by atomic mass is 10.4. The predicted molar refractivity (Wildman–Crippen MR) is 44.0 cm³/mol. The van der Waals surface area contributed by atoms with Crippen LogP contribution < -0.4 is 0 Å². The summed E-state index contributed by atoms with van der Waals surface area (Å²) in [4.78, 5) is 19.8. The Morgan fingerprint density at radius 2 is 1.85 bits per heavy atom. The van der Waals surface area contributed by atoms with Crippen LogP contribution >= 0.6 is 0 Å².